The number of aliphatic hydroxyl groups excluding tert-OH is 1. The first-order valence-corrected chi connectivity index (χ1v) is 5.12. The molecule has 0 saturated carbocycles. The summed E-state index contributed by atoms with van der Waals surface area (Å²) in [5, 5.41) is 9.22. The van der Waals surface area contributed by atoms with Crippen LogP contribution in [0.2, 0.25) is 0 Å². The van der Waals surface area contributed by atoms with Gasteiger partial charge in [0.15, 0.2) is 0 Å². The third-order valence-electron chi connectivity index (χ3n) is 2.93. The van der Waals surface area contributed by atoms with E-state index in [2.05, 4.69) is 0 Å². The molecule has 0 unspecified atom stereocenters. The Morgan fingerprint density at radius 1 is 1.47 bits per heavy atom. The van der Waals surface area contributed by atoms with Crippen molar-refractivity contribution in [3.8, 4) is 5.75 Å². The number of rotatable bonds is 2. The zero-order chi connectivity index (χ0) is 11.1. The minimum Gasteiger partial charge on any atom is -0.493 e. The van der Waals surface area contributed by atoms with Gasteiger partial charge in [0.25, 0.3) is 0 Å². The Bertz CT molecular complexity index is 385. The third kappa shape index (κ3) is 1.61. The lowest BCUT2D eigenvalue weighted by Gasteiger charge is -2.23. The van der Waals surface area contributed by atoms with Crippen molar-refractivity contribution in [2.75, 3.05) is 13.2 Å². The maximum absolute atomic E-state index is 14.1. The molecule has 3 heteroatoms. The van der Waals surface area contributed by atoms with Crippen molar-refractivity contribution in [3.05, 3.63) is 29.1 Å². The predicted octanol–water partition coefficient (Wildman–Crippen LogP) is 2.03. The molecule has 0 bridgehead atoms. The van der Waals surface area contributed by atoms with Gasteiger partial charge in [-0.25, -0.2) is 4.39 Å². The Kier molecular flexibility index (Phi) is 2.43. The predicted molar refractivity (Wildman–Crippen MR) is 55.7 cm³/mol. The first-order chi connectivity index (χ1) is 7.06. The van der Waals surface area contributed by atoms with E-state index in [1.807, 2.05) is 13.8 Å². The van der Waals surface area contributed by atoms with Crippen molar-refractivity contribution in [1.29, 1.82) is 0 Å². The van der Waals surface area contributed by atoms with Crippen LogP contribution < -0.4 is 4.74 Å². The molecule has 1 aromatic carbocycles. The summed E-state index contributed by atoms with van der Waals surface area (Å²) in [7, 11) is 0. The normalized spacial score (nSPS) is 14.9. The van der Waals surface area contributed by atoms with Gasteiger partial charge in [-0.3, -0.25) is 0 Å². The van der Waals surface area contributed by atoms with Crippen LogP contribution in [0.15, 0.2) is 12.1 Å². The van der Waals surface area contributed by atoms with Crippen molar-refractivity contribution in [2.24, 2.45) is 0 Å². The van der Waals surface area contributed by atoms with Gasteiger partial charge in [0.1, 0.15) is 11.6 Å². The van der Waals surface area contributed by atoms with Crippen LogP contribution in [0.4, 0.5) is 4.39 Å². The van der Waals surface area contributed by atoms with Gasteiger partial charge < -0.3 is 9.84 Å². The molecular formula is C12H15FO2. The van der Waals surface area contributed by atoms with Gasteiger partial charge in [-0.2, -0.15) is 0 Å². The summed E-state index contributed by atoms with van der Waals surface area (Å²) in [6, 6.07) is 3.49. The molecule has 0 spiro atoms. The molecule has 0 aliphatic carbocycles. The summed E-state index contributed by atoms with van der Waals surface area (Å²) in [5.41, 5.74) is 0.671. The molecule has 1 heterocycles. The van der Waals surface area contributed by atoms with Crippen LogP contribution in [0.3, 0.4) is 0 Å². The summed E-state index contributed by atoms with van der Waals surface area (Å²) in [5.74, 6) is 0.425. The molecule has 0 saturated heterocycles. The molecule has 15 heavy (non-hydrogen) atoms. The van der Waals surface area contributed by atoms with Gasteiger partial charge in [0, 0.05) is 17.4 Å². The summed E-state index contributed by atoms with van der Waals surface area (Å²) in [6.07, 6.45) is 0.622. The maximum atomic E-state index is 14.1. The second-order valence-electron chi connectivity index (χ2n) is 4.54. The van der Waals surface area contributed by atoms with E-state index in [9.17, 15) is 9.50 Å². The molecule has 0 fully saturated rings. The van der Waals surface area contributed by atoms with Crippen LogP contribution in [0.1, 0.15) is 25.0 Å². The largest absolute Gasteiger partial charge is 0.493 e. The van der Waals surface area contributed by atoms with Crippen molar-refractivity contribution >= 4 is 0 Å². The molecule has 1 aliphatic heterocycles. The molecule has 0 aromatic heterocycles. The molecule has 2 nitrogen and oxygen atoms in total. The molecule has 0 atom stereocenters. The quantitative estimate of drug-likeness (QED) is 0.809. The lowest BCUT2D eigenvalue weighted by atomic mass is 9.84. The van der Waals surface area contributed by atoms with E-state index in [0.29, 0.717) is 29.9 Å². The molecule has 0 radical (unpaired) electrons. The molecule has 0 amide bonds. The highest BCUT2D eigenvalue weighted by atomic mass is 19.1. The lowest BCUT2D eigenvalue weighted by molar-refractivity contribution is 0.214. The van der Waals surface area contributed by atoms with Crippen molar-refractivity contribution in [1.82, 2.24) is 0 Å². The van der Waals surface area contributed by atoms with Gasteiger partial charge in [-0.1, -0.05) is 19.9 Å². The van der Waals surface area contributed by atoms with E-state index in [1.165, 1.54) is 0 Å². The minimum atomic E-state index is -0.540. The lowest BCUT2D eigenvalue weighted by Crippen LogP contribution is -2.24. The highest BCUT2D eigenvalue weighted by molar-refractivity contribution is 5.43. The Morgan fingerprint density at radius 3 is 2.87 bits per heavy atom. The number of benzene rings is 1. The topological polar surface area (TPSA) is 29.5 Å². The number of aliphatic hydroxyl groups is 1. The van der Waals surface area contributed by atoms with Gasteiger partial charge in [-0.15, -0.1) is 0 Å². The fourth-order valence-electron chi connectivity index (χ4n) is 1.84. The third-order valence-corrected chi connectivity index (χ3v) is 2.93. The number of ether oxygens (including phenoxy) is 1. The van der Waals surface area contributed by atoms with Crippen LogP contribution in [0.5, 0.6) is 5.75 Å². The van der Waals surface area contributed by atoms with E-state index in [4.69, 9.17) is 4.74 Å². The van der Waals surface area contributed by atoms with Crippen LogP contribution in [0.25, 0.3) is 0 Å². The van der Waals surface area contributed by atoms with Crippen molar-refractivity contribution in [2.45, 2.75) is 25.7 Å². The maximum Gasteiger partial charge on any atom is 0.134 e. The van der Waals surface area contributed by atoms with Crippen LogP contribution in [-0.2, 0) is 11.8 Å². The fraction of sp³-hybridized carbons (Fsp3) is 0.500. The monoisotopic (exact) mass is 210 g/mol. The first kappa shape index (κ1) is 10.4. The molecule has 1 N–H and O–H groups in total. The molecule has 2 rings (SSSR count). The number of fused-ring (bicyclic) bond motifs is 1. The smallest absolute Gasteiger partial charge is 0.134 e. The summed E-state index contributed by atoms with van der Waals surface area (Å²) in [4.78, 5) is 0. The Balaban J connectivity index is 2.51. The highest BCUT2D eigenvalue weighted by Gasteiger charge is 2.27. The standard InChI is InChI=1S/C12H15FO2/c1-12(2,7-14)9-3-4-10-8(11(9)13)5-6-15-10/h3-4,14H,5-7H2,1-2H3. The van der Waals surface area contributed by atoms with Crippen LogP contribution in [0, 0.1) is 5.82 Å². The Morgan fingerprint density at radius 2 is 2.20 bits per heavy atom. The Labute approximate surface area is 88.7 Å². The molecule has 82 valence electrons. The SMILES string of the molecule is CC(C)(CO)c1ccc2c(c1F)CCO2. The molecule has 1 aromatic rings. The van der Waals surface area contributed by atoms with Crippen molar-refractivity contribution < 1.29 is 14.2 Å². The van der Waals surface area contributed by atoms with E-state index in [-0.39, 0.29) is 12.4 Å². The average molecular weight is 210 g/mol. The van der Waals surface area contributed by atoms with Gasteiger partial charge in [-0.05, 0) is 11.6 Å². The van der Waals surface area contributed by atoms with E-state index in [1.54, 1.807) is 12.1 Å². The second-order valence-corrected chi connectivity index (χ2v) is 4.54. The summed E-state index contributed by atoms with van der Waals surface area (Å²) >= 11 is 0. The number of hydrogen-bond acceptors (Lipinski definition) is 2. The average Bonchev–Trinajstić information content (AvgIpc) is 2.66. The first-order valence-electron chi connectivity index (χ1n) is 5.12. The van der Waals surface area contributed by atoms with Crippen molar-refractivity contribution in [3.63, 3.8) is 0 Å². The van der Waals surface area contributed by atoms with E-state index in [0.717, 1.165) is 0 Å². The number of halogens is 1. The van der Waals surface area contributed by atoms with E-state index >= 15 is 0 Å². The highest BCUT2D eigenvalue weighted by Crippen LogP contribution is 2.34. The molecule has 1 aliphatic rings. The van der Waals surface area contributed by atoms with Gasteiger partial charge >= 0.3 is 0 Å². The Hall–Kier alpha value is -1.09. The van der Waals surface area contributed by atoms with Gasteiger partial charge in [0.05, 0.1) is 13.2 Å². The number of hydrogen-bond donors (Lipinski definition) is 1. The van der Waals surface area contributed by atoms with Crippen LogP contribution in [-0.4, -0.2) is 18.3 Å². The van der Waals surface area contributed by atoms with Gasteiger partial charge in [0.2, 0.25) is 0 Å². The zero-order valence-corrected chi connectivity index (χ0v) is 9.01. The molecular weight excluding hydrogens is 195 g/mol. The second kappa shape index (κ2) is 3.49. The fourth-order valence-corrected chi connectivity index (χ4v) is 1.84. The van der Waals surface area contributed by atoms with E-state index < -0.39 is 5.41 Å². The minimum absolute atomic E-state index is 0.0659. The zero-order valence-electron chi connectivity index (χ0n) is 9.01. The summed E-state index contributed by atoms with van der Waals surface area (Å²) < 4.78 is 19.3. The summed E-state index contributed by atoms with van der Waals surface area (Å²) in [6.45, 7) is 4.14. The van der Waals surface area contributed by atoms with Crippen LogP contribution >= 0.6 is 0 Å².